The van der Waals surface area contributed by atoms with Crippen LogP contribution in [0.15, 0.2) is 34.0 Å². The van der Waals surface area contributed by atoms with Crippen LogP contribution in [0.5, 0.6) is 0 Å². The Labute approximate surface area is 107 Å². The zero-order chi connectivity index (χ0) is 11.5. The molecule has 3 nitrogen and oxygen atoms in total. The van der Waals surface area contributed by atoms with Crippen molar-refractivity contribution in [3.63, 3.8) is 0 Å². The molecule has 0 aliphatic rings. The topological polar surface area (TPSA) is 30.7 Å². The number of nitrogens with zero attached hydrogens (tertiary/aromatic N) is 3. The van der Waals surface area contributed by atoms with Crippen LogP contribution in [0.25, 0.3) is 11.5 Å². The van der Waals surface area contributed by atoms with E-state index in [4.69, 9.17) is 0 Å². The first-order valence-electron chi connectivity index (χ1n) is 4.98. The summed E-state index contributed by atoms with van der Waals surface area (Å²) in [7, 11) is 1.98. The molecule has 0 aromatic carbocycles. The maximum absolute atomic E-state index is 4.45. The van der Waals surface area contributed by atoms with Crippen LogP contribution in [0.2, 0.25) is 0 Å². The van der Waals surface area contributed by atoms with E-state index in [0.717, 1.165) is 26.6 Å². The quantitative estimate of drug-likeness (QED) is 0.814. The number of rotatable bonds is 3. The minimum atomic E-state index is 0.906. The molecule has 0 N–H and O–H groups in total. The molecule has 0 atom stereocenters. The van der Waals surface area contributed by atoms with Crippen molar-refractivity contribution in [2.75, 3.05) is 5.75 Å². The molecule has 2 aromatic heterocycles. The molecule has 2 heterocycles. The van der Waals surface area contributed by atoms with Gasteiger partial charge in [-0.15, -0.1) is 11.8 Å². The number of pyridine rings is 1. The Bertz CT molecular complexity index is 496. The van der Waals surface area contributed by atoms with Crippen molar-refractivity contribution in [2.24, 2.45) is 7.05 Å². The lowest BCUT2D eigenvalue weighted by Crippen LogP contribution is -1.96. The molecule has 0 amide bonds. The van der Waals surface area contributed by atoms with Gasteiger partial charge in [0.15, 0.2) is 5.82 Å². The van der Waals surface area contributed by atoms with E-state index in [1.165, 1.54) is 0 Å². The highest BCUT2D eigenvalue weighted by Crippen LogP contribution is 2.30. The van der Waals surface area contributed by atoms with E-state index in [2.05, 4.69) is 38.9 Å². The van der Waals surface area contributed by atoms with Crippen molar-refractivity contribution in [3.8, 4) is 11.5 Å². The average Bonchev–Trinajstić information content (AvgIpc) is 2.65. The molecule has 0 unspecified atom stereocenters. The summed E-state index contributed by atoms with van der Waals surface area (Å²) in [5.41, 5.74) is 0.947. The van der Waals surface area contributed by atoms with Gasteiger partial charge in [0.05, 0.1) is 0 Å². The molecule has 84 valence electrons. The SMILES string of the molecule is CCSc1cc(Br)cnc1-c1nccn1C. The minimum Gasteiger partial charge on any atom is -0.333 e. The largest absolute Gasteiger partial charge is 0.333 e. The summed E-state index contributed by atoms with van der Waals surface area (Å²) in [6, 6.07) is 2.09. The van der Waals surface area contributed by atoms with Crippen LogP contribution >= 0.6 is 27.7 Å². The molecule has 0 radical (unpaired) electrons. The third kappa shape index (κ3) is 2.30. The van der Waals surface area contributed by atoms with Gasteiger partial charge in [-0.1, -0.05) is 6.92 Å². The fourth-order valence-electron chi connectivity index (χ4n) is 1.45. The molecule has 0 aliphatic carbocycles. The van der Waals surface area contributed by atoms with Crippen LogP contribution in [0.1, 0.15) is 6.92 Å². The lowest BCUT2D eigenvalue weighted by molar-refractivity contribution is 0.911. The number of hydrogen-bond acceptors (Lipinski definition) is 3. The fraction of sp³-hybridized carbons (Fsp3) is 0.273. The van der Waals surface area contributed by atoms with Crippen LogP contribution in [-0.4, -0.2) is 20.3 Å². The summed E-state index contributed by atoms with van der Waals surface area (Å²) in [6.07, 6.45) is 5.53. The van der Waals surface area contributed by atoms with E-state index in [1.807, 2.05) is 24.0 Å². The molecule has 16 heavy (non-hydrogen) atoms. The van der Waals surface area contributed by atoms with Crippen molar-refractivity contribution in [1.82, 2.24) is 14.5 Å². The van der Waals surface area contributed by atoms with Gasteiger partial charge in [-0.05, 0) is 27.7 Å². The maximum Gasteiger partial charge on any atom is 0.159 e. The third-order valence-electron chi connectivity index (χ3n) is 2.15. The Balaban J connectivity index is 2.51. The van der Waals surface area contributed by atoms with Crippen molar-refractivity contribution < 1.29 is 0 Å². The van der Waals surface area contributed by atoms with E-state index in [1.54, 1.807) is 18.0 Å². The standard InChI is InChI=1S/C11H12BrN3S/c1-3-16-9-6-8(12)7-14-10(9)11-13-4-5-15(11)2/h4-7H,3H2,1-2H3. The van der Waals surface area contributed by atoms with E-state index in [0.29, 0.717) is 0 Å². The highest BCUT2D eigenvalue weighted by Gasteiger charge is 2.11. The van der Waals surface area contributed by atoms with Crippen LogP contribution in [-0.2, 0) is 7.05 Å². The van der Waals surface area contributed by atoms with Crippen LogP contribution in [0.3, 0.4) is 0 Å². The van der Waals surface area contributed by atoms with Gasteiger partial charge in [0.25, 0.3) is 0 Å². The van der Waals surface area contributed by atoms with Gasteiger partial charge in [0, 0.05) is 35.0 Å². The molecule has 0 bridgehead atoms. The summed E-state index contributed by atoms with van der Waals surface area (Å²) in [4.78, 5) is 9.94. The van der Waals surface area contributed by atoms with Crippen molar-refractivity contribution in [3.05, 3.63) is 29.1 Å². The molecule has 0 saturated heterocycles. The normalized spacial score (nSPS) is 10.7. The van der Waals surface area contributed by atoms with E-state index >= 15 is 0 Å². The number of thioether (sulfide) groups is 1. The van der Waals surface area contributed by atoms with E-state index in [9.17, 15) is 0 Å². The Morgan fingerprint density at radius 1 is 1.44 bits per heavy atom. The predicted molar refractivity (Wildman–Crippen MR) is 70.5 cm³/mol. The summed E-state index contributed by atoms with van der Waals surface area (Å²) in [6.45, 7) is 2.13. The lowest BCUT2D eigenvalue weighted by atomic mass is 10.3. The van der Waals surface area contributed by atoms with Gasteiger partial charge in [-0.2, -0.15) is 0 Å². The summed E-state index contributed by atoms with van der Waals surface area (Å²) in [5.74, 6) is 1.93. The second kappa shape index (κ2) is 5.01. The first-order valence-corrected chi connectivity index (χ1v) is 6.76. The van der Waals surface area contributed by atoms with Crippen molar-refractivity contribution >= 4 is 27.7 Å². The molecule has 0 aliphatic heterocycles. The molecule has 2 rings (SSSR count). The summed E-state index contributed by atoms with van der Waals surface area (Å²) >= 11 is 5.22. The van der Waals surface area contributed by atoms with E-state index < -0.39 is 0 Å². The zero-order valence-corrected chi connectivity index (χ0v) is 11.5. The Morgan fingerprint density at radius 2 is 2.25 bits per heavy atom. The fourth-order valence-corrected chi connectivity index (χ4v) is 2.73. The Morgan fingerprint density at radius 3 is 2.88 bits per heavy atom. The molecule has 2 aromatic rings. The Hall–Kier alpha value is -0.810. The summed E-state index contributed by atoms with van der Waals surface area (Å²) in [5, 5.41) is 0. The van der Waals surface area contributed by atoms with Crippen LogP contribution in [0.4, 0.5) is 0 Å². The molecule has 5 heteroatoms. The smallest absolute Gasteiger partial charge is 0.159 e. The van der Waals surface area contributed by atoms with Gasteiger partial charge in [-0.25, -0.2) is 4.98 Å². The molecular formula is C11H12BrN3S. The monoisotopic (exact) mass is 297 g/mol. The van der Waals surface area contributed by atoms with Crippen LogP contribution in [0, 0.1) is 0 Å². The molecule has 0 fully saturated rings. The highest BCUT2D eigenvalue weighted by atomic mass is 79.9. The average molecular weight is 298 g/mol. The van der Waals surface area contributed by atoms with E-state index in [-0.39, 0.29) is 0 Å². The molecule has 0 spiro atoms. The van der Waals surface area contributed by atoms with Crippen molar-refractivity contribution in [2.45, 2.75) is 11.8 Å². The number of halogens is 1. The van der Waals surface area contributed by atoms with Gasteiger partial charge in [0.1, 0.15) is 5.69 Å². The number of aryl methyl sites for hydroxylation is 1. The third-order valence-corrected chi connectivity index (χ3v) is 3.50. The predicted octanol–water partition coefficient (Wildman–Crippen LogP) is 3.36. The number of aromatic nitrogens is 3. The first-order chi connectivity index (χ1) is 7.72. The first kappa shape index (κ1) is 11.7. The minimum absolute atomic E-state index is 0.906. The van der Waals surface area contributed by atoms with Gasteiger partial charge >= 0.3 is 0 Å². The van der Waals surface area contributed by atoms with Crippen LogP contribution < -0.4 is 0 Å². The maximum atomic E-state index is 4.45. The zero-order valence-electron chi connectivity index (χ0n) is 9.14. The highest BCUT2D eigenvalue weighted by molar-refractivity contribution is 9.10. The van der Waals surface area contributed by atoms with Crippen molar-refractivity contribution in [1.29, 1.82) is 0 Å². The summed E-state index contributed by atoms with van der Waals surface area (Å²) < 4.78 is 2.98. The second-order valence-electron chi connectivity index (χ2n) is 3.30. The van der Waals surface area contributed by atoms with Gasteiger partial charge in [-0.3, -0.25) is 4.98 Å². The molecular weight excluding hydrogens is 286 g/mol. The van der Waals surface area contributed by atoms with Gasteiger partial charge in [0.2, 0.25) is 0 Å². The second-order valence-corrected chi connectivity index (χ2v) is 5.52. The number of hydrogen-bond donors (Lipinski definition) is 0. The Kier molecular flexibility index (Phi) is 3.66. The lowest BCUT2D eigenvalue weighted by Gasteiger charge is -2.07. The van der Waals surface area contributed by atoms with Gasteiger partial charge < -0.3 is 4.57 Å². The molecule has 0 saturated carbocycles. The number of imidazole rings is 1.